The number of halogens is 1. The molecule has 0 atom stereocenters. The summed E-state index contributed by atoms with van der Waals surface area (Å²) in [5.74, 6) is 0. The normalized spacial score (nSPS) is 10.2. The number of H-pyrrole nitrogens is 1. The molecule has 6 nitrogen and oxygen atoms in total. The number of nitro groups is 1. The van der Waals surface area contributed by atoms with Gasteiger partial charge in [-0.3, -0.25) is 10.1 Å². The fourth-order valence-corrected chi connectivity index (χ4v) is 1.66. The number of anilines is 1. The minimum atomic E-state index is -0.502. The molecule has 0 fully saturated rings. The third-order valence-electron chi connectivity index (χ3n) is 2.19. The molecule has 0 bridgehead atoms. The number of hydrogen-bond donors (Lipinski definition) is 2. The Morgan fingerprint density at radius 2 is 2.35 bits per heavy atom. The second-order valence-corrected chi connectivity index (χ2v) is 3.73. The molecule has 17 heavy (non-hydrogen) atoms. The number of imidazole rings is 1. The van der Waals surface area contributed by atoms with E-state index in [1.807, 2.05) is 0 Å². The highest BCUT2D eigenvalue weighted by Gasteiger charge is 2.17. The number of aromatic nitrogens is 2. The van der Waals surface area contributed by atoms with Crippen molar-refractivity contribution in [3.8, 4) is 0 Å². The first-order valence-corrected chi connectivity index (χ1v) is 5.20. The van der Waals surface area contributed by atoms with Crippen LogP contribution in [0.4, 0.5) is 11.4 Å². The highest BCUT2D eigenvalue weighted by molar-refractivity contribution is 6.33. The van der Waals surface area contributed by atoms with Gasteiger partial charge in [-0.25, -0.2) is 4.98 Å². The number of hydrogen-bond acceptors (Lipinski definition) is 4. The van der Waals surface area contributed by atoms with E-state index in [1.165, 1.54) is 6.07 Å². The molecule has 0 saturated heterocycles. The minimum absolute atomic E-state index is 0.115. The summed E-state index contributed by atoms with van der Waals surface area (Å²) in [7, 11) is 0. The zero-order valence-electron chi connectivity index (χ0n) is 8.68. The maximum atomic E-state index is 10.9. The van der Waals surface area contributed by atoms with E-state index in [0.717, 1.165) is 5.69 Å². The Labute approximate surface area is 102 Å². The molecule has 88 valence electrons. The van der Waals surface area contributed by atoms with E-state index in [1.54, 1.807) is 24.7 Å². The third kappa shape index (κ3) is 2.54. The number of nitrogens with one attached hydrogen (secondary N) is 2. The molecule has 0 saturated carbocycles. The van der Waals surface area contributed by atoms with E-state index in [-0.39, 0.29) is 10.7 Å². The van der Waals surface area contributed by atoms with Crippen molar-refractivity contribution in [2.24, 2.45) is 0 Å². The number of benzene rings is 1. The van der Waals surface area contributed by atoms with Gasteiger partial charge in [0.15, 0.2) is 0 Å². The maximum absolute atomic E-state index is 10.9. The summed E-state index contributed by atoms with van der Waals surface area (Å²) < 4.78 is 0. The van der Waals surface area contributed by atoms with Gasteiger partial charge in [0.05, 0.1) is 23.5 Å². The van der Waals surface area contributed by atoms with Crippen molar-refractivity contribution in [2.75, 3.05) is 5.32 Å². The molecule has 2 aromatic rings. The molecule has 0 aliphatic rings. The standard InChI is InChI=1S/C10H9ClN4O2/c11-8-2-1-3-9(10(8)15(16)17)13-5-7-4-12-6-14-7/h1-4,6,13H,5H2,(H,12,14). The predicted molar refractivity (Wildman–Crippen MR) is 64.0 cm³/mol. The molecule has 2 rings (SSSR count). The molecule has 0 amide bonds. The van der Waals surface area contributed by atoms with E-state index in [4.69, 9.17) is 11.6 Å². The van der Waals surface area contributed by atoms with Gasteiger partial charge in [-0.05, 0) is 12.1 Å². The van der Waals surface area contributed by atoms with E-state index in [9.17, 15) is 10.1 Å². The van der Waals surface area contributed by atoms with Crippen molar-refractivity contribution in [3.05, 3.63) is 51.6 Å². The van der Waals surface area contributed by atoms with Crippen molar-refractivity contribution in [2.45, 2.75) is 6.54 Å². The van der Waals surface area contributed by atoms with Crippen LogP contribution in [0.25, 0.3) is 0 Å². The lowest BCUT2D eigenvalue weighted by Gasteiger charge is -2.06. The molecular formula is C10H9ClN4O2. The van der Waals surface area contributed by atoms with Gasteiger partial charge in [0, 0.05) is 6.20 Å². The molecule has 1 aromatic carbocycles. The van der Waals surface area contributed by atoms with E-state index in [2.05, 4.69) is 15.3 Å². The monoisotopic (exact) mass is 252 g/mol. The second-order valence-electron chi connectivity index (χ2n) is 3.32. The lowest BCUT2D eigenvalue weighted by atomic mass is 10.2. The van der Waals surface area contributed by atoms with Crippen LogP contribution in [0.1, 0.15) is 5.69 Å². The first-order valence-electron chi connectivity index (χ1n) is 4.82. The number of nitro benzene ring substituents is 1. The largest absolute Gasteiger partial charge is 0.374 e. The summed E-state index contributed by atoms with van der Waals surface area (Å²) in [5, 5.41) is 13.9. The van der Waals surface area contributed by atoms with Crippen LogP contribution in [-0.2, 0) is 6.54 Å². The lowest BCUT2D eigenvalue weighted by Crippen LogP contribution is -2.03. The summed E-state index contributed by atoms with van der Waals surface area (Å²) in [6, 6.07) is 4.76. The van der Waals surface area contributed by atoms with E-state index in [0.29, 0.717) is 12.2 Å². The van der Waals surface area contributed by atoms with Gasteiger partial charge < -0.3 is 10.3 Å². The summed E-state index contributed by atoms with van der Waals surface area (Å²) >= 11 is 5.78. The SMILES string of the molecule is O=[N+]([O-])c1c(Cl)cccc1NCc1cnc[nH]1. The molecule has 0 aliphatic heterocycles. The molecular weight excluding hydrogens is 244 g/mol. The first kappa shape index (κ1) is 11.4. The number of rotatable bonds is 4. The highest BCUT2D eigenvalue weighted by atomic mass is 35.5. The third-order valence-corrected chi connectivity index (χ3v) is 2.50. The summed E-state index contributed by atoms with van der Waals surface area (Å²) in [6.45, 7) is 0.418. The van der Waals surface area contributed by atoms with Crippen molar-refractivity contribution < 1.29 is 4.92 Å². The Balaban J connectivity index is 2.21. The van der Waals surface area contributed by atoms with Crippen molar-refractivity contribution in [1.29, 1.82) is 0 Å². The first-order chi connectivity index (χ1) is 8.18. The quantitative estimate of drug-likeness (QED) is 0.647. The lowest BCUT2D eigenvalue weighted by molar-refractivity contribution is -0.383. The van der Waals surface area contributed by atoms with Crippen LogP contribution in [-0.4, -0.2) is 14.9 Å². The Hall–Kier alpha value is -2.08. The molecule has 1 heterocycles. The van der Waals surface area contributed by atoms with Crippen molar-refractivity contribution >= 4 is 23.0 Å². The Kier molecular flexibility index (Phi) is 3.24. The van der Waals surface area contributed by atoms with Crippen LogP contribution in [0, 0.1) is 10.1 Å². The van der Waals surface area contributed by atoms with Crippen molar-refractivity contribution in [1.82, 2.24) is 9.97 Å². The summed E-state index contributed by atoms with van der Waals surface area (Å²) in [5.41, 5.74) is 1.10. The van der Waals surface area contributed by atoms with Crippen LogP contribution in [0.15, 0.2) is 30.7 Å². The van der Waals surface area contributed by atoms with Crippen LogP contribution in [0.5, 0.6) is 0 Å². The highest BCUT2D eigenvalue weighted by Crippen LogP contribution is 2.32. The average Bonchev–Trinajstić information content (AvgIpc) is 2.78. The molecule has 0 unspecified atom stereocenters. The van der Waals surface area contributed by atoms with Gasteiger partial charge in [-0.15, -0.1) is 0 Å². The zero-order chi connectivity index (χ0) is 12.3. The molecule has 0 spiro atoms. The van der Waals surface area contributed by atoms with Gasteiger partial charge >= 0.3 is 5.69 Å². The molecule has 1 aromatic heterocycles. The zero-order valence-corrected chi connectivity index (χ0v) is 9.44. The number of nitrogens with zero attached hydrogens (tertiary/aromatic N) is 2. The van der Waals surface area contributed by atoms with Crippen LogP contribution in [0.3, 0.4) is 0 Å². The Morgan fingerprint density at radius 3 is 3.00 bits per heavy atom. The van der Waals surface area contributed by atoms with Gasteiger partial charge in [-0.1, -0.05) is 17.7 Å². The van der Waals surface area contributed by atoms with Crippen LogP contribution >= 0.6 is 11.6 Å². The minimum Gasteiger partial charge on any atom is -0.374 e. The fourth-order valence-electron chi connectivity index (χ4n) is 1.42. The smallest absolute Gasteiger partial charge is 0.310 e. The number of para-hydroxylation sites is 1. The van der Waals surface area contributed by atoms with Gasteiger partial charge in [0.2, 0.25) is 0 Å². The average molecular weight is 253 g/mol. The van der Waals surface area contributed by atoms with E-state index < -0.39 is 4.92 Å². The predicted octanol–water partition coefficient (Wildman–Crippen LogP) is 2.58. The van der Waals surface area contributed by atoms with Crippen molar-refractivity contribution in [3.63, 3.8) is 0 Å². The number of aromatic amines is 1. The van der Waals surface area contributed by atoms with Crippen LogP contribution in [0.2, 0.25) is 5.02 Å². The van der Waals surface area contributed by atoms with Crippen LogP contribution < -0.4 is 5.32 Å². The second kappa shape index (κ2) is 4.84. The fraction of sp³-hybridized carbons (Fsp3) is 0.100. The van der Waals surface area contributed by atoms with E-state index >= 15 is 0 Å². The molecule has 0 radical (unpaired) electrons. The molecule has 2 N–H and O–H groups in total. The van der Waals surface area contributed by atoms with Gasteiger partial charge in [-0.2, -0.15) is 0 Å². The topological polar surface area (TPSA) is 83.8 Å². The molecule has 0 aliphatic carbocycles. The maximum Gasteiger partial charge on any atom is 0.310 e. The van der Waals surface area contributed by atoms with Gasteiger partial charge in [0.1, 0.15) is 10.7 Å². The van der Waals surface area contributed by atoms with Gasteiger partial charge in [0.25, 0.3) is 0 Å². The summed E-state index contributed by atoms with van der Waals surface area (Å²) in [6.07, 6.45) is 3.19. The molecule has 7 heteroatoms. The summed E-state index contributed by atoms with van der Waals surface area (Å²) in [4.78, 5) is 17.1. The Morgan fingerprint density at radius 1 is 1.53 bits per heavy atom. The Bertz CT molecular complexity index is 527.